The summed E-state index contributed by atoms with van der Waals surface area (Å²) in [5.41, 5.74) is 0. The Morgan fingerprint density at radius 3 is 2.35 bits per heavy atom. The third-order valence-corrected chi connectivity index (χ3v) is 7.26. The maximum atomic E-state index is 12.9. The van der Waals surface area contributed by atoms with Crippen molar-refractivity contribution >= 4 is 22.3 Å². The van der Waals surface area contributed by atoms with Crippen LogP contribution in [0.1, 0.15) is 68.0 Å². The molecule has 0 amide bonds. The van der Waals surface area contributed by atoms with E-state index in [1.54, 1.807) is 6.07 Å². The Kier molecular flexibility index (Phi) is 5.95. The summed E-state index contributed by atoms with van der Waals surface area (Å²) >= 11 is 0.829. The highest BCUT2D eigenvalue weighted by Gasteiger charge is 2.37. The van der Waals surface area contributed by atoms with E-state index in [-0.39, 0.29) is 5.92 Å². The molecule has 1 fully saturated rings. The predicted molar refractivity (Wildman–Crippen MR) is 89.7 cm³/mol. The van der Waals surface area contributed by atoms with Crippen LogP contribution in [0, 0.1) is 5.92 Å². The van der Waals surface area contributed by atoms with Crippen molar-refractivity contribution in [2.45, 2.75) is 69.2 Å². The minimum atomic E-state index is -4.30. The summed E-state index contributed by atoms with van der Waals surface area (Å²) in [5, 5.41) is 5.60. The summed E-state index contributed by atoms with van der Waals surface area (Å²) in [6.45, 7) is 3.66. The smallest absolute Gasteiger partial charge is 0.251 e. The Morgan fingerprint density at radius 1 is 1.26 bits per heavy atom. The number of hydrogen-bond donors (Lipinski definition) is 1. The molecule has 7 heteroatoms. The van der Waals surface area contributed by atoms with Gasteiger partial charge in [-0.05, 0) is 57.1 Å². The Bertz CT molecular complexity index is 548. The molecule has 2 nitrogen and oxygen atoms in total. The van der Waals surface area contributed by atoms with Crippen LogP contribution >= 0.6 is 11.3 Å². The molecule has 1 saturated carbocycles. The quantitative estimate of drug-likeness (QED) is 0.761. The number of halogens is 3. The van der Waals surface area contributed by atoms with Gasteiger partial charge in [0.15, 0.2) is 0 Å². The number of rotatable bonds is 5. The van der Waals surface area contributed by atoms with Gasteiger partial charge in [0.05, 0.1) is 15.7 Å². The molecular weight excluding hydrogens is 343 g/mol. The van der Waals surface area contributed by atoms with Crippen molar-refractivity contribution in [3.8, 4) is 0 Å². The lowest BCUT2D eigenvalue weighted by molar-refractivity contribution is -0.134. The van der Waals surface area contributed by atoms with Crippen molar-refractivity contribution in [2.75, 3.05) is 0 Å². The highest BCUT2D eigenvalue weighted by molar-refractivity contribution is 7.84. The Hall–Kier alpha value is -0.400. The molecule has 1 aromatic rings. The standard InChI is InChI=1S/C16H24F3NOS2/c1-15(2,23(20)21)10-12(11-6-4-3-5-7-11)13-8-9-14(22-13)16(17,18)19/h8-9,11-12H,3-7,10,20H2,1-2H3/t12-,23?/m1/s1. The molecular formula is C16H24F3NOS2. The molecule has 132 valence electrons. The molecule has 0 aliphatic heterocycles. The van der Waals surface area contributed by atoms with E-state index in [1.807, 2.05) is 13.8 Å². The lowest BCUT2D eigenvalue weighted by Crippen LogP contribution is -2.35. The first-order valence-corrected chi connectivity index (χ1v) is 9.97. The van der Waals surface area contributed by atoms with Crippen LogP contribution in [0.2, 0.25) is 0 Å². The van der Waals surface area contributed by atoms with E-state index in [9.17, 15) is 17.4 Å². The molecule has 0 saturated heterocycles. The third-order valence-electron chi connectivity index (χ3n) is 4.75. The van der Waals surface area contributed by atoms with Crippen molar-refractivity contribution in [3.63, 3.8) is 0 Å². The van der Waals surface area contributed by atoms with Crippen molar-refractivity contribution in [2.24, 2.45) is 11.1 Å². The number of hydrogen-bond acceptors (Lipinski definition) is 2. The van der Waals surface area contributed by atoms with Gasteiger partial charge in [0.25, 0.3) is 0 Å². The van der Waals surface area contributed by atoms with Crippen molar-refractivity contribution in [1.29, 1.82) is 0 Å². The molecule has 0 radical (unpaired) electrons. The summed E-state index contributed by atoms with van der Waals surface area (Å²) in [6.07, 6.45) is 1.72. The zero-order chi connectivity index (χ0) is 17.3. The first-order valence-electron chi connectivity index (χ1n) is 7.94. The van der Waals surface area contributed by atoms with Crippen LogP contribution in [0.4, 0.5) is 13.2 Å². The summed E-state index contributed by atoms with van der Waals surface area (Å²) in [7, 11) is -1.50. The van der Waals surface area contributed by atoms with Crippen LogP contribution in [-0.2, 0) is 17.2 Å². The van der Waals surface area contributed by atoms with E-state index in [0.29, 0.717) is 12.3 Å². The van der Waals surface area contributed by atoms with Gasteiger partial charge in [-0.2, -0.15) is 13.2 Å². The van der Waals surface area contributed by atoms with Gasteiger partial charge < -0.3 is 0 Å². The summed E-state index contributed by atoms with van der Waals surface area (Å²) in [5.74, 6) is 0.352. The summed E-state index contributed by atoms with van der Waals surface area (Å²) < 4.78 is 49.9. The van der Waals surface area contributed by atoms with Crippen LogP contribution in [0.3, 0.4) is 0 Å². The zero-order valence-corrected chi connectivity index (χ0v) is 15.1. The van der Waals surface area contributed by atoms with Gasteiger partial charge in [-0.3, -0.25) is 5.14 Å². The van der Waals surface area contributed by atoms with Gasteiger partial charge in [0.2, 0.25) is 0 Å². The van der Waals surface area contributed by atoms with E-state index in [1.165, 1.54) is 12.5 Å². The predicted octanol–water partition coefficient (Wildman–Crippen LogP) is 5.22. The normalized spacial score (nSPS) is 20.4. The molecule has 1 heterocycles. The van der Waals surface area contributed by atoms with Gasteiger partial charge >= 0.3 is 6.18 Å². The SMILES string of the molecule is CC(C)(C[C@@H](c1ccc(C(F)(F)F)s1)C1CCCCC1)S(N)=O. The van der Waals surface area contributed by atoms with Gasteiger partial charge in [0, 0.05) is 4.88 Å². The topological polar surface area (TPSA) is 43.1 Å². The van der Waals surface area contributed by atoms with Crippen LogP contribution in [0.5, 0.6) is 0 Å². The summed E-state index contributed by atoms with van der Waals surface area (Å²) in [6, 6.07) is 2.77. The third kappa shape index (κ3) is 4.79. The molecule has 1 aliphatic rings. The molecule has 23 heavy (non-hydrogen) atoms. The second kappa shape index (κ2) is 7.23. The first-order chi connectivity index (χ1) is 10.6. The average molecular weight is 368 g/mol. The van der Waals surface area contributed by atoms with Crippen molar-refractivity contribution < 1.29 is 17.4 Å². The number of thiophene rings is 1. The Balaban J connectivity index is 2.29. The molecule has 0 spiro atoms. The Labute approximate surface area is 142 Å². The zero-order valence-electron chi connectivity index (χ0n) is 13.5. The van der Waals surface area contributed by atoms with E-state index >= 15 is 0 Å². The van der Waals surface area contributed by atoms with Gasteiger partial charge in [-0.25, -0.2) is 4.21 Å². The van der Waals surface area contributed by atoms with Crippen LogP contribution in [-0.4, -0.2) is 8.96 Å². The monoisotopic (exact) mass is 367 g/mol. The second-order valence-corrected chi connectivity index (χ2v) is 9.78. The molecule has 1 unspecified atom stereocenters. The maximum absolute atomic E-state index is 12.9. The van der Waals surface area contributed by atoms with Gasteiger partial charge in [0.1, 0.15) is 4.88 Å². The second-order valence-electron chi connectivity index (χ2n) is 6.97. The van der Waals surface area contributed by atoms with Crippen LogP contribution in [0.15, 0.2) is 12.1 Å². The van der Waals surface area contributed by atoms with Crippen LogP contribution in [0.25, 0.3) is 0 Å². The fraction of sp³-hybridized carbons (Fsp3) is 0.750. The molecule has 1 aliphatic carbocycles. The molecule has 1 aromatic heterocycles. The first kappa shape index (κ1) is 18.9. The lowest BCUT2D eigenvalue weighted by Gasteiger charge is -2.34. The van der Waals surface area contributed by atoms with Crippen molar-refractivity contribution in [1.82, 2.24) is 0 Å². The Morgan fingerprint density at radius 2 is 1.87 bits per heavy atom. The van der Waals surface area contributed by atoms with E-state index in [2.05, 4.69) is 0 Å². The van der Waals surface area contributed by atoms with Gasteiger partial charge in [-0.15, -0.1) is 11.3 Å². The lowest BCUT2D eigenvalue weighted by atomic mass is 9.76. The molecule has 0 bridgehead atoms. The largest absolute Gasteiger partial charge is 0.425 e. The molecule has 2 atom stereocenters. The molecule has 0 aromatic carbocycles. The van der Waals surface area contributed by atoms with E-state index in [0.717, 1.165) is 41.9 Å². The van der Waals surface area contributed by atoms with E-state index in [4.69, 9.17) is 5.14 Å². The fourth-order valence-electron chi connectivity index (χ4n) is 3.35. The fourth-order valence-corrected chi connectivity index (χ4v) is 4.77. The van der Waals surface area contributed by atoms with E-state index < -0.39 is 26.8 Å². The van der Waals surface area contributed by atoms with Crippen molar-refractivity contribution in [3.05, 3.63) is 21.9 Å². The molecule has 2 N–H and O–H groups in total. The van der Waals surface area contributed by atoms with Gasteiger partial charge in [-0.1, -0.05) is 19.3 Å². The number of alkyl halides is 3. The summed E-state index contributed by atoms with van der Waals surface area (Å²) in [4.78, 5) is 0.197. The molecule has 2 rings (SSSR count). The minimum Gasteiger partial charge on any atom is -0.251 e. The maximum Gasteiger partial charge on any atom is 0.425 e. The highest BCUT2D eigenvalue weighted by atomic mass is 32.2. The minimum absolute atomic E-state index is 0.00102. The average Bonchev–Trinajstić information content (AvgIpc) is 2.95. The van der Waals surface area contributed by atoms with Crippen LogP contribution < -0.4 is 5.14 Å². The number of nitrogens with two attached hydrogens (primary N) is 1. The highest BCUT2D eigenvalue weighted by Crippen LogP contribution is 2.45.